The maximum absolute atomic E-state index is 12.0. The van der Waals surface area contributed by atoms with Gasteiger partial charge in [0.25, 0.3) is 0 Å². The second-order valence-corrected chi connectivity index (χ2v) is 6.35. The van der Waals surface area contributed by atoms with Crippen LogP contribution < -0.4 is 11.1 Å². The summed E-state index contributed by atoms with van der Waals surface area (Å²) < 4.78 is 0. The minimum Gasteiger partial charge on any atom is -0.369 e. The van der Waals surface area contributed by atoms with Gasteiger partial charge in [0, 0.05) is 6.04 Å². The van der Waals surface area contributed by atoms with Crippen LogP contribution in [0.1, 0.15) is 27.2 Å². The molecule has 17 heavy (non-hydrogen) atoms. The number of carbonyl (C=O) groups excluding carboxylic acids is 2. The highest BCUT2D eigenvalue weighted by Gasteiger charge is 2.27. The topological polar surface area (TPSA) is 72.2 Å². The van der Waals surface area contributed by atoms with Crippen molar-refractivity contribution in [3.63, 3.8) is 0 Å². The van der Waals surface area contributed by atoms with E-state index in [4.69, 9.17) is 5.73 Å². The van der Waals surface area contributed by atoms with Crippen molar-refractivity contribution >= 4 is 46.8 Å². The van der Waals surface area contributed by atoms with Crippen molar-refractivity contribution in [3.8, 4) is 0 Å². The van der Waals surface area contributed by atoms with E-state index < -0.39 is 17.2 Å². The number of rotatable bonds is 8. The summed E-state index contributed by atoms with van der Waals surface area (Å²) in [6.07, 6.45) is 0.300. The maximum Gasteiger partial charge on any atom is 0.230 e. The van der Waals surface area contributed by atoms with E-state index in [2.05, 4.69) is 29.6 Å². The summed E-state index contributed by atoms with van der Waals surface area (Å²) in [5, 5.41) is 2.28. The molecule has 0 aliphatic carbocycles. The standard InChI is InChI=1S/C10H20N2O2S3/c1-5(2)12-7(4-8(15)10(11)14)9(13)6(3)17-16/h5-8,12,15-16H,4H2,1-3H3,(H2,11,14). The van der Waals surface area contributed by atoms with E-state index in [1.54, 1.807) is 6.92 Å². The van der Waals surface area contributed by atoms with Crippen molar-refractivity contribution < 1.29 is 9.59 Å². The van der Waals surface area contributed by atoms with Gasteiger partial charge in [-0.1, -0.05) is 24.6 Å². The molecule has 3 atom stereocenters. The Morgan fingerprint density at radius 2 is 1.88 bits per heavy atom. The lowest BCUT2D eigenvalue weighted by Crippen LogP contribution is -2.46. The lowest BCUT2D eigenvalue weighted by molar-refractivity contribution is -0.121. The van der Waals surface area contributed by atoms with Crippen LogP contribution in [-0.4, -0.2) is 34.3 Å². The molecule has 0 aromatic heterocycles. The zero-order valence-corrected chi connectivity index (χ0v) is 12.8. The minimum atomic E-state index is -0.618. The van der Waals surface area contributed by atoms with Crippen LogP contribution >= 0.6 is 35.1 Å². The lowest BCUT2D eigenvalue weighted by Gasteiger charge is -2.23. The van der Waals surface area contributed by atoms with E-state index in [1.165, 1.54) is 10.8 Å². The molecule has 0 saturated carbocycles. The molecule has 0 fully saturated rings. The first-order valence-electron chi connectivity index (χ1n) is 5.37. The van der Waals surface area contributed by atoms with Crippen molar-refractivity contribution in [2.45, 2.75) is 49.8 Å². The van der Waals surface area contributed by atoms with Gasteiger partial charge in [-0.3, -0.25) is 9.59 Å². The molecule has 0 radical (unpaired) electrons. The number of ketones is 1. The molecule has 0 saturated heterocycles. The summed E-state index contributed by atoms with van der Waals surface area (Å²) in [5.41, 5.74) is 5.15. The molecular weight excluding hydrogens is 276 g/mol. The molecular formula is C10H20N2O2S3. The summed E-state index contributed by atoms with van der Waals surface area (Å²) in [6.45, 7) is 5.67. The van der Waals surface area contributed by atoms with Gasteiger partial charge in [0.1, 0.15) is 0 Å². The molecule has 3 unspecified atom stereocenters. The normalized spacial score (nSPS) is 16.6. The third-order valence-corrected chi connectivity index (χ3v) is 4.19. The minimum absolute atomic E-state index is 0.0130. The van der Waals surface area contributed by atoms with Crippen LogP contribution in [-0.2, 0) is 9.59 Å². The second kappa shape index (κ2) is 8.29. The van der Waals surface area contributed by atoms with E-state index >= 15 is 0 Å². The Morgan fingerprint density at radius 1 is 1.35 bits per heavy atom. The molecule has 0 aliphatic rings. The number of thiol groups is 2. The van der Waals surface area contributed by atoms with E-state index in [9.17, 15) is 9.59 Å². The number of primary amides is 1. The molecule has 4 nitrogen and oxygen atoms in total. The number of Topliss-reactive ketones (excluding diaryl/α,β-unsaturated/α-hetero) is 1. The fourth-order valence-corrected chi connectivity index (χ4v) is 2.13. The van der Waals surface area contributed by atoms with Crippen molar-refractivity contribution in [2.24, 2.45) is 5.73 Å². The van der Waals surface area contributed by atoms with Gasteiger partial charge in [0.05, 0.1) is 16.5 Å². The van der Waals surface area contributed by atoms with Crippen molar-refractivity contribution in [1.29, 1.82) is 0 Å². The van der Waals surface area contributed by atoms with Gasteiger partial charge >= 0.3 is 0 Å². The average Bonchev–Trinajstić information content (AvgIpc) is 2.25. The predicted octanol–water partition coefficient (Wildman–Crippen LogP) is 1.06. The Morgan fingerprint density at radius 3 is 2.24 bits per heavy atom. The van der Waals surface area contributed by atoms with Crippen LogP contribution in [0.3, 0.4) is 0 Å². The smallest absolute Gasteiger partial charge is 0.230 e. The van der Waals surface area contributed by atoms with Crippen LogP contribution in [0, 0.1) is 0 Å². The lowest BCUT2D eigenvalue weighted by atomic mass is 10.0. The molecule has 0 heterocycles. The fourth-order valence-electron chi connectivity index (χ4n) is 1.34. The van der Waals surface area contributed by atoms with Gasteiger partial charge in [-0.15, -0.1) is 11.7 Å². The van der Waals surface area contributed by atoms with E-state index in [1.807, 2.05) is 13.8 Å². The van der Waals surface area contributed by atoms with Gasteiger partial charge in [0.2, 0.25) is 5.91 Å². The monoisotopic (exact) mass is 296 g/mol. The number of nitrogens with two attached hydrogens (primary N) is 1. The van der Waals surface area contributed by atoms with Gasteiger partial charge in [0.15, 0.2) is 5.78 Å². The molecule has 100 valence electrons. The van der Waals surface area contributed by atoms with Gasteiger partial charge in [-0.25, -0.2) is 0 Å². The maximum atomic E-state index is 12.0. The fraction of sp³-hybridized carbons (Fsp3) is 0.800. The summed E-state index contributed by atoms with van der Waals surface area (Å²) in [7, 11) is 1.19. The highest BCUT2D eigenvalue weighted by molar-refractivity contribution is 8.69. The van der Waals surface area contributed by atoms with Crippen LogP contribution in [0.4, 0.5) is 0 Å². The molecule has 0 rings (SSSR count). The Kier molecular flexibility index (Phi) is 8.36. The zero-order chi connectivity index (χ0) is 13.6. The van der Waals surface area contributed by atoms with Crippen molar-refractivity contribution in [1.82, 2.24) is 5.32 Å². The van der Waals surface area contributed by atoms with Gasteiger partial charge < -0.3 is 11.1 Å². The molecule has 0 bridgehead atoms. The largest absolute Gasteiger partial charge is 0.369 e. The summed E-state index contributed by atoms with van der Waals surface area (Å²) >= 11 is 8.11. The molecule has 0 aliphatic heterocycles. The third-order valence-electron chi connectivity index (χ3n) is 2.22. The van der Waals surface area contributed by atoms with Crippen LogP contribution in [0.5, 0.6) is 0 Å². The molecule has 1 amide bonds. The van der Waals surface area contributed by atoms with Gasteiger partial charge in [-0.05, 0) is 13.3 Å². The average molecular weight is 296 g/mol. The van der Waals surface area contributed by atoms with Crippen LogP contribution in [0.25, 0.3) is 0 Å². The summed E-state index contributed by atoms with van der Waals surface area (Å²) in [6, 6.07) is -0.269. The quantitative estimate of drug-likeness (QED) is 0.399. The second-order valence-electron chi connectivity index (χ2n) is 4.18. The molecule has 0 aromatic carbocycles. The Labute approximate surface area is 117 Å². The first-order chi connectivity index (χ1) is 7.79. The Hall–Kier alpha value is 0.150. The predicted molar refractivity (Wildman–Crippen MR) is 79.7 cm³/mol. The van der Waals surface area contributed by atoms with Gasteiger partial charge in [-0.2, -0.15) is 12.6 Å². The SMILES string of the molecule is CC(C)NC(CC(S)C(N)=O)C(=O)C(C)SS. The first kappa shape index (κ1) is 17.2. The van der Waals surface area contributed by atoms with E-state index in [-0.39, 0.29) is 17.1 Å². The summed E-state index contributed by atoms with van der Waals surface area (Å²) in [5.74, 6) is -0.498. The number of nitrogens with one attached hydrogen (secondary N) is 1. The number of amides is 1. The molecule has 7 heteroatoms. The third kappa shape index (κ3) is 6.59. The highest BCUT2D eigenvalue weighted by Crippen LogP contribution is 2.19. The number of hydrogen-bond donors (Lipinski definition) is 4. The van der Waals surface area contributed by atoms with Crippen LogP contribution in [0.2, 0.25) is 0 Å². The zero-order valence-electron chi connectivity index (χ0n) is 10.2. The van der Waals surface area contributed by atoms with Crippen molar-refractivity contribution in [2.75, 3.05) is 0 Å². The molecule has 3 N–H and O–H groups in total. The molecule has 0 aromatic rings. The van der Waals surface area contributed by atoms with Crippen molar-refractivity contribution in [3.05, 3.63) is 0 Å². The highest BCUT2D eigenvalue weighted by atomic mass is 33.1. The number of carbonyl (C=O) groups is 2. The first-order valence-corrected chi connectivity index (χ1v) is 7.81. The number of hydrogen-bond acceptors (Lipinski definition) is 6. The Bertz CT molecular complexity index is 274. The van der Waals surface area contributed by atoms with E-state index in [0.717, 1.165) is 0 Å². The molecule has 0 spiro atoms. The Balaban J connectivity index is 4.64. The van der Waals surface area contributed by atoms with Crippen LogP contribution in [0.15, 0.2) is 0 Å². The summed E-state index contributed by atoms with van der Waals surface area (Å²) in [4.78, 5) is 23.0. The van der Waals surface area contributed by atoms with E-state index in [0.29, 0.717) is 6.42 Å².